The number of hydrogen-bond acceptors (Lipinski definition) is 5. The van der Waals surface area contributed by atoms with E-state index in [0.29, 0.717) is 30.0 Å². The summed E-state index contributed by atoms with van der Waals surface area (Å²) in [4.78, 5) is 11.5. The first-order valence-electron chi connectivity index (χ1n) is 6.56. The van der Waals surface area contributed by atoms with Gasteiger partial charge in [-0.05, 0) is 34.9 Å². The highest BCUT2D eigenvalue weighted by atomic mass is 35.5. The lowest BCUT2D eigenvalue weighted by Crippen LogP contribution is -2.27. The van der Waals surface area contributed by atoms with Crippen molar-refractivity contribution in [1.82, 2.24) is 20.6 Å². The van der Waals surface area contributed by atoms with E-state index in [-0.39, 0.29) is 22.4 Å². The molecule has 0 spiro atoms. The molecule has 116 valence electrons. The molecule has 0 aliphatic heterocycles. The number of rotatable bonds is 4. The number of H-pyrrole nitrogens is 1. The predicted molar refractivity (Wildman–Crippen MR) is 81.9 cm³/mol. The van der Waals surface area contributed by atoms with Gasteiger partial charge in [0.2, 0.25) is 0 Å². The van der Waals surface area contributed by atoms with Gasteiger partial charge in [-0.1, -0.05) is 30.1 Å². The second kappa shape index (κ2) is 5.68. The van der Waals surface area contributed by atoms with Crippen LogP contribution in [0.4, 0.5) is 0 Å². The zero-order valence-electron chi connectivity index (χ0n) is 11.5. The molecule has 1 unspecified atom stereocenters. The zero-order valence-corrected chi connectivity index (χ0v) is 13.8. The molecule has 1 aromatic heterocycles. The van der Waals surface area contributed by atoms with Gasteiger partial charge in [0, 0.05) is 5.56 Å². The number of hydrogen-bond donors (Lipinski definition) is 1. The van der Waals surface area contributed by atoms with Crippen LogP contribution in [0, 0.1) is 0 Å². The second-order valence-corrected chi connectivity index (χ2v) is 6.48. The summed E-state index contributed by atoms with van der Waals surface area (Å²) in [5, 5.41) is 13.5. The van der Waals surface area contributed by atoms with Gasteiger partial charge in [-0.2, -0.15) is 0 Å². The number of Topliss-reactive ketones (excluding diaryl/α,β-unsaturated/α-hetero) is 1. The van der Waals surface area contributed by atoms with Crippen LogP contribution in [-0.2, 0) is 13.0 Å². The zero-order chi connectivity index (χ0) is 15.9. The van der Waals surface area contributed by atoms with Gasteiger partial charge in [-0.3, -0.25) is 4.79 Å². The minimum atomic E-state index is -0.956. The summed E-state index contributed by atoms with van der Waals surface area (Å²) in [6.45, 7) is 1.97. The maximum Gasteiger partial charge on any atom is 0.186 e. The molecule has 0 saturated carbocycles. The Morgan fingerprint density at radius 2 is 2.18 bits per heavy atom. The molecule has 1 aliphatic carbocycles. The number of ketones is 1. The van der Waals surface area contributed by atoms with Crippen LogP contribution in [0.1, 0.15) is 35.1 Å². The number of fused-ring (bicyclic) bond motifs is 1. The van der Waals surface area contributed by atoms with Crippen molar-refractivity contribution in [2.45, 2.75) is 31.2 Å². The summed E-state index contributed by atoms with van der Waals surface area (Å²) in [5.41, 5.74) is 1.12. The molecule has 6 nitrogen and oxygen atoms in total. The number of aromatic amines is 1. The number of alkyl halides is 1. The Bertz CT molecular complexity index is 735. The number of aromatic nitrogens is 4. The summed E-state index contributed by atoms with van der Waals surface area (Å²) < 4.78 is 5.58. The average Bonchev–Trinajstić information content (AvgIpc) is 3.10. The number of halogens is 3. The summed E-state index contributed by atoms with van der Waals surface area (Å²) >= 11 is 18.8. The molecular formula is C13H11Cl3N4O2. The molecule has 0 saturated heterocycles. The van der Waals surface area contributed by atoms with Crippen molar-refractivity contribution in [2.24, 2.45) is 0 Å². The Hall–Kier alpha value is -1.37. The van der Waals surface area contributed by atoms with Gasteiger partial charge in [0.1, 0.15) is 22.3 Å². The Balaban J connectivity index is 1.94. The summed E-state index contributed by atoms with van der Waals surface area (Å²) in [6.07, 6.45) is 0.909. The van der Waals surface area contributed by atoms with E-state index in [1.165, 1.54) is 0 Å². The van der Waals surface area contributed by atoms with E-state index < -0.39 is 4.87 Å². The number of nitrogens with one attached hydrogen (secondary N) is 1. The molecule has 3 rings (SSSR count). The number of ether oxygens (including phenoxy) is 1. The molecule has 22 heavy (non-hydrogen) atoms. The molecule has 0 amide bonds. The van der Waals surface area contributed by atoms with Crippen LogP contribution in [0.2, 0.25) is 10.0 Å². The van der Waals surface area contributed by atoms with Crippen molar-refractivity contribution in [3.63, 3.8) is 0 Å². The highest BCUT2D eigenvalue weighted by molar-refractivity contribution is 6.48. The minimum Gasteiger partial charge on any atom is -0.484 e. The lowest BCUT2D eigenvalue weighted by Gasteiger charge is -2.15. The number of nitrogens with zero attached hydrogens (tertiary/aromatic N) is 3. The minimum absolute atomic E-state index is 0.107. The Morgan fingerprint density at radius 3 is 2.82 bits per heavy atom. The highest BCUT2D eigenvalue weighted by Crippen LogP contribution is 2.46. The molecule has 1 aromatic carbocycles. The summed E-state index contributed by atoms with van der Waals surface area (Å²) in [5.74, 6) is 0.625. The topological polar surface area (TPSA) is 80.8 Å². The van der Waals surface area contributed by atoms with E-state index >= 15 is 0 Å². The largest absolute Gasteiger partial charge is 0.484 e. The van der Waals surface area contributed by atoms with E-state index in [9.17, 15) is 4.79 Å². The average molecular weight is 362 g/mol. The van der Waals surface area contributed by atoms with Crippen LogP contribution in [0.5, 0.6) is 5.75 Å². The quantitative estimate of drug-likeness (QED) is 0.846. The molecule has 1 atom stereocenters. The Kier molecular flexibility index (Phi) is 4.01. The van der Waals surface area contributed by atoms with Gasteiger partial charge < -0.3 is 4.74 Å². The van der Waals surface area contributed by atoms with E-state index in [4.69, 9.17) is 39.5 Å². The van der Waals surface area contributed by atoms with Gasteiger partial charge in [0.15, 0.2) is 11.6 Å². The Morgan fingerprint density at radius 1 is 1.41 bits per heavy atom. The molecule has 0 bridgehead atoms. The third kappa shape index (κ3) is 2.45. The molecule has 0 fully saturated rings. The first-order valence-corrected chi connectivity index (χ1v) is 7.69. The third-order valence-corrected chi connectivity index (χ3v) is 5.10. The van der Waals surface area contributed by atoms with Gasteiger partial charge in [-0.25, -0.2) is 5.10 Å². The number of benzene rings is 1. The van der Waals surface area contributed by atoms with Crippen LogP contribution >= 0.6 is 34.8 Å². The second-order valence-electron chi connectivity index (χ2n) is 5.00. The summed E-state index contributed by atoms with van der Waals surface area (Å²) in [7, 11) is 0. The van der Waals surface area contributed by atoms with E-state index in [0.717, 1.165) is 5.56 Å². The lowest BCUT2D eigenvalue weighted by atomic mass is 10.0. The van der Waals surface area contributed by atoms with Crippen molar-refractivity contribution in [2.75, 3.05) is 0 Å². The van der Waals surface area contributed by atoms with E-state index in [1.807, 2.05) is 6.92 Å². The first-order chi connectivity index (χ1) is 10.5. The van der Waals surface area contributed by atoms with Crippen molar-refractivity contribution < 1.29 is 9.53 Å². The molecule has 1 aliphatic rings. The molecule has 0 radical (unpaired) electrons. The maximum atomic E-state index is 12.4. The monoisotopic (exact) mass is 360 g/mol. The molecular weight excluding hydrogens is 351 g/mol. The molecule has 9 heteroatoms. The van der Waals surface area contributed by atoms with Crippen LogP contribution in [0.15, 0.2) is 6.07 Å². The SMILES string of the molecule is CCC1(Cl)Cc2cc(OCc3nnn[nH]3)c(Cl)c(Cl)c2C1=O. The molecule has 2 aromatic rings. The fraction of sp³-hybridized carbons (Fsp3) is 0.385. The summed E-state index contributed by atoms with van der Waals surface area (Å²) in [6, 6.07) is 1.70. The predicted octanol–water partition coefficient (Wildman–Crippen LogP) is 3.21. The fourth-order valence-electron chi connectivity index (χ4n) is 2.42. The van der Waals surface area contributed by atoms with Crippen LogP contribution in [0.3, 0.4) is 0 Å². The van der Waals surface area contributed by atoms with Crippen molar-refractivity contribution in [3.8, 4) is 5.75 Å². The smallest absolute Gasteiger partial charge is 0.186 e. The van der Waals surface area contributed by atoms with Gasteiger partial charge in [0.05, 0.1) is 5.02 Å². The van der Waals surface area contributed by atoms with Gasteiger partial charge in [-0.15, -0.1) is 16.7 Å². The van der Waals surface area contributed by atoms with Crippen LogP contribution in [-0.4, -0.2) is 31.3 Å². The van der Waals surface area contributed by atoms with Crippen molar-refractivity contribution >= 4 is 40.6 Å². The molecule has 1 heterocycles. The highest BCUT2D eigenvalue weighted by Gasteiger charge is 2.44. The first kappa shape index (κ1) is 15.5. The Labute approximate surface area is 141 Å². The van der Waals surface area contributed by atoms with Gasteiger partial charge in [0.25, 0.3) is 0 Å². The van der Waals surface area contributed by atoms with Crippen LogP contribution in [0.25, 0.3) is 0 Å². The van der Waals surface area contributed by atoms with Gasteiger partial charge >= 0.3 is 0 Å². The maximum absolute atomic E-state index is 12.4. The van der Waals surface area contributed by atoms with Crippen molar-refractivity contribution in [1.29, 1.82) is 0 Å². The van der Waals surface area contributed by atoms with E-state index in [1.54, 1.807) is 6.07 Å². The van der Waals surface area contributed by atoms with Crippen molar-refractivity contribution in [3.05, 3.63) is 33.1 Å². The number of carbonyl (C=O) groups is 1. The van der Waals surface area contributed by atoms with E-state index in [2.05, 4.69) is 20.6 Å². The fourth-order valence-corrected chi connectivity index (χ4v) is 3.16. The normalized spacial score (nSPS) is 20.3. The standard InChI is InChI=1S/C13H11Cl3N4O2/c1-2-13(16)4-6-3-7(22-5-8-17-19-20-18-8)10(14)11(15)9(6)12(13)21/h3H,2,4-5H2,1H3,(H,17,18,19,20). The van der Waals surface area contributed by atoms with Crippen LogP contribution < -0.4 is 4.74 Å². The third-order valence-electron chi connectivity index (χ3n) is 3.67. The lowest BCUT2D eigenvalue weighted by molar-refractivity contribution is 0.0951. The molecule has 1 N–H and O–H groups in total. The number of tetrazole rings is 1. The number of carbonyl (C=O) groups excluding carboxylic acids is 1.